The van der Waals surface area contributed by atoms with Gasteiger partial charge in [-0.15, -0.1) is 0 Å². The molecule has 5 heteroatoms. The molecule has 0 saturated heterocycles. The average molecular weight is 303 g/mol. The molecule has 2 amide bonds. The summed E-state index contributed by atoms with van der Waals surface area (Å²) in [6.07, 6.45) is 0.246. The smallest absolute Gasteiger partial charge is 0.317 e. The van der Waals surface area contributed by atoms with Gasteiger partial charge in [0.2, 0.25) is 0 Å². The summed E-state index contributed by atoms with van der Waals surface area (Å²) >= 11 is 0. The molecule has 1 aromatic rings. The second-order valence-electron chi connectivity index (χ2n) is 6.54. The van der Waals surface area contributed by atoms with Crippen LogP contribution in [-0.4, -0.2) is 35.7 Å². The van der Waals surface area contributed by atoms with E-state index >= 15 is 0 Å². The van der Waals surface area contributed by atoms with Gasteiger partial charge >= 0.3 is 6.03 Å². The van der Waals surface area contributed by atoms with Crippen LogP contribution in [0.25, 0.3) is 0 Å². The van der Waals surface area contributed by atoms with Crippen molar-refractivity contribution >= 4 is 6.03 Å². The van der Waals surface area contributed by atoms with Gasteiger partial charge in [-0.25, -0.2) is 4.79 Å². The predicted molar refractivity (Wildman–Crippen MR) is 86.1 cm³/mol. The van der Waals surface area contributed by atoms with Gasteiger partial charge in [0.05, 0.1) is 17.7 Å². The maximum Gasteiger partial charge on any atom is 0.317 e. The number of urea groups is 1. The van der Waals surface area contributed by atoms with E-state index in [9.17, 15) is 9.90 Å². The fraction of sp³-hybridized carbons (Fsp3) is 0.529. The molecule has 5 nitrogen and oxygen atoms in total. The fourth-order valence-electron chi connectivity index (χ4n) is 2.35. The van der Waals surface area contributed by atoms with Crippen molar-refractivity contribution in [3.05, 3.63) is 35.4 Å². The summed E-state index contributed by atoms with van der Waals surface area (Å²) in [5.74, 6) is 0. The largest absolute Gasteiger partial charge is 0.393 e. The Morgan fingerprint density at radius 2 is 2.00 bits per heavy atom. The highest BCUT2D eigenvalue weighted by atomic mass is 16.3. The number of nitrogens with one attached hydrogen (secondary N) is 1. The van der Waals surface area contributed by atoms with Gasteiger partial charge in [0.1, 0.15) is 0 Å². The Hall–Kier alpha value is -2.06. The maximum atomic E-state index is 12.1. The third kappa shape index (κ3) is 6.15. The molecule has 0 bridgehead atoms. The number of hydrogen-bond donors (Lipinski definition) is 2. The van der Waals surface area contributed by atoms with E-state index in [-0.39, 0.29) is 17.6 Å². The van der Waals surface area contributed by atoms with Gasteiger partial charge in [-0.05, 0) is 36.5 Å². The van der Waals surface area contributed by atoms with E-state index in [1.54, 1.807) is 31.0 Å². The molecule has 1 atom stereocenters. The molecule has 0 aromatic heterocycles. The Morgan fingerprint density at radius 1 is 1.41 bits per heavy atom. The second-order valence-corrected chi connectivity index (χ2v) is 6.54. The Labute approximate surface area is 132 Å². The number of amides is 2. The van der Waals surface area contributed by atoms with E-state index in [0.29, 0.717) is 25.1 Å². The predicted octanol–water partition coefficient (Wildman–Crippen LogP) is 2.50. The number of hydrogen-bond acceptors (Lipinski definition) is 3. The van der Waals surface area contributed by atoms with Crippen LogP contribution >= 0.6 is 0 Å². The molecule has 0 heterocycles. The van der Waals surface area contributed by atoms with Gasteiger partial charge < -0.3 is 15.3 Å². The van der Waals surface area contributed by atoms with Crippen LogP contribution in [0.15, 0.2) is 24.3 Å². The topological polar surface area (TPSA) is 76.4 Å². The zero-order chi connectivity index (χ0) is 16.8. The number of rotatable bonds is 6. The van der Waals surface area contributed by atoms with Crippen LogP contribution in [0.1, 0.15) is 38.3 Å². The molecular formula is C17H25N3O2. The minimum absolute atomic E-state index is 0.150. The van der Waals surface area contributed by atoms with Crippen LogP contribution in [0.5, 0.6) is 0 Å². The van der Waals surface area contributed by atoms with Gasteiger partial charge in [0.15, 0.2) is 0 Å². The summed E-state index contributed by atoms with van der Waals surface area (Å²) in [7, 11) is 1.73. The molecule has 2 N–H and O–H groups in total. The summed E-state index contributed by atoms with van der Waals surface area (Å²) in [6.45, 7) is 6.77. The van der Waals surface area contributed by atoms with Crippen molar-refractivity contribution in [3.8, 4) is 6.07 Å². The number of aliphatic hydroxyl groups is 1. The number of nitriles is 1. The van der Waals surface area contributed by atoms with Crippen molar-refractivity contribution in [1.29, 1.82) is 5.26 Å². The standard InChI is InChI=1S/C17H25N3O2/c1-13(21)9-17(2,3)12-19-16(22)20(4)11-15-7-5-14(10-18)6-8-15/h5-8,13,21H,9,11-12H2,1-4H3,(H,19,22). The fourth-order valence-corrected chi connectivity index (χ4v) is 2.35. The van der Waals surface area contributed by atoms with Gasteiger partial charge in [0, 0.05) is 20.1 Å². The van der Waals surface area contributed by atoms with Crippen LogP contribution in [-0.2, 0) is 6.54 Å². The van der Waals surface area contributed by atoms with Crippen LogP contribution < -0.4 is 5.32 Å². The third-order valence-electron chi connectivity index (χ3n) is 3.42. The quantitative estimate of drug-likeness (QED) is 0.847. The molecule has 0 radical (unpaired) electrons. The molecule has 0 spiro atoms. The number of carbonyl (C=O) groups excluding carboxylic acids is 1. The first-order chi connectivity index (χ1) is 10.2. The molecule has 0 saturated carbocycles. The number of aliphatic hydroxyl groups excluding tert-OH is 1. The van der Waals surface area contributed by atoms with Crippen molar-refractivity contribution in [1.82, 2.24) is 10.2 Å². The number of carbonyl (C=O) groups is 1. The molecule has 0 aliphatic carbocycles. The highest BCUT2D eigenvalue weighted by Crippen LogP contribution is 2.21. The van der Waals surface area contributed by atoms with Crippen molar-refractivity contribution in [2.45, 2.75) is 39.8 Å². The SMILES string of the molecule is CC(O)CC(C)(C)CNC(=O)N(C)Cc1ccc(C#N)cc1. The molecular weight excluding hydrogens is 278 g/mol. The lowest BCUT2D eigenvalue weighted by atomic mass is 9.87. The minimum atomic E-state index is -0.386. The molecule has 120 valence electrons. The first-order valence-electron chi connectivity index (χ1n) is 7.39. The molecule has 0 aliphatic rings. The molecule has 0 fully saturated rings. The van der Waals surface area contributed by atoms with Crippen molar-refractivity contribution < 1.29 is 9.90 Å². The molecule has 22 heavy (non-hydrogen) atoms. The molecule has 1 aromatic carbocycles. The van der Waals surface area contributed by atoms with Crippen LogP contribution in [0.4, 0.5) is 4.79 Å². The highest BCUT2D eigenvalue weighted by molar-refractivity contribution is 5.73. The normalized spacial score (nSPS) is 12.4. The number of nitrogens with zero attached hydrogens (tertiary/aromatic N) is 2. The lowest BCUT2D eigenvalue weighted by molar-refractivity contribution is 0.127. The van der Waals surface area contributed by atoms with Crippen LogP contribution in [0, 0.1) is 16.7 Å². The zero-order valence-electron chi connectivity index (χ0n) is 13.8. The highest BCUT2D eigenvalue weighted by Gasteiger charge is 2.21. The van der Waals surface area contributed by atoms with E-state index in [0.717, 1.165) is 5.56 Å². The monoisotopic (exact) mass is 303 g/mol. The molecule has 0 aliphatic heterocycles. The van der Waals surface area contributed by atoms with Crippen molar-refractivity contribution in [2.24, 2.45) is 5.41 Å². The van der Waals surface area contributed by atoms with E-state index in [2.05, 4.69) is 11.4 Å². The summed E-state index contributed by atoms with van der Waals surface area (Å²) in [5, 5.41) is 21.1. The third-order valence-corrected chi connectivity index (χ3v) is 3.42. The van der Waals surface area contributed by atoms with E-state index < -0.39 is 0 Å². The van der Waals surface area contributed by atoms with Gasteiger partial charge in [0.25, 0.3) is 0 Å². The Bertz CT molecular complexity index is 530. The van der Waals surface area contributed by atoms with Crippen LogP contribution in [0.3, 0.4) is 0 Å². The molecule has 1 unspecified atom stereocenters. The average Bonchev–Trinajstić information content (AvgIpc) is 2.44. The maximum absolute atomic E-state index is 12.1. The molecule has 1 rings (SSSR count). The summed E-state index contributed by atoms with van der Waals surface area (Å²) < 4.78 is 0. The number of benzene rings is 1. The van der Waals surface area contributed by atoms with E-state index in [4.69, 9.17) is 5.26 Å². The van der Waals surface area contributed by atoms with Gasteiger partial charge in [-0.1, -0.05) is 26.0 Å². The Balaban J connectivity index is 2.49. The first-order valence-corrected chi connectivity index (χ1v) is 7.39. The van der Waals surface area contributed by atoms with Gasteiger partial charge in [-0.3, -0.25) is 0 Å². The van der Waals surface area contributed by atoms with Gasteiger partial charge in [-0.2, -0.15) is 5.26 Å². The minimum Gasteiger partial charge on any atom is -0.393 e. The van der Waals surface area contributed by atoms with Crippen molar-refractivity contribution in [3.63, 3.8) is 0 Å². The zero-order valence-corrected chi connectivity index (χ0v) is 13.8. The van der Waals surface area contributed by atoms with E-state index in [1.165, 1.54) is 0 Å². The second kappa shape index (κ2) is 7.81. The van der Waals surface area contributed by atoms with Crippen molar-refractivity contribution in [2.75, 3.05) is 13.6 Å². The van der Waals surface area contributed by atoms with Crippen LogP contribution in [0.2, 0.25) is 0 Å². The summed E-state index contributed by atoms with van der Waals surface area (Å²) in [5.41, 5.74) is 1.43. The summed E-state index contributed by atoms with van der Waals surface area (Å²) in [4.78, 5) is 13.7. The van der Waals surface area contributed by atoms with E-state index in [1.807, 2.05) is 26.0 Å². The lowest BCUT2D eigenvalue weighted by Crippen LogP contribution is -2.42. The Morgan fingerprint density at radius 3 is 2.50 bits per heavy atom. The lowest BCUT2D eigenvalue weighted by Gasteiger charge is -2.28. The first kappa shape index (κ1) is 18.0. The summed E-state index contributed by atoms with van der Waals surface area (Å²) in [6, 6.07) is 9.10. The Kier molecular flexibility index (Phi) is 6.39.